The molecule has 42 heavy (non-hydrogen) atoms. The predicted octanol–water partition coefficient (Wildman–Crippen LogP) is 5.85. The lowest BCUT2D eigenvalue weighted by atomic mass is 9.33. The van der Waals surface area contributed by atoms with Crippen LogP contribution in [-0.2, 0) is 9.47 Å². The largest absolute Gasteiger partial charge is 0.394 e. The molecule has 4 saturated carbocycles. The molecule has 1 aliphatic heterocycles. The van der Waals surface area contributed by atoms with E-state index < -0.39 is 37.3 Å². The molecule has 6 rings (SSSR count). The maximum Gasteiger partial charge on any atom is 0.186 e. The van der Waals surface area contributed by atoms with E-state index in [1.54, 1.807) is 0 Å². The van der Waals surface area contributed by atoms with Gasteiger partial charge in [0.25, 0.3) is 0 Å². The van der Waals surface area contributed by atoms with E-state index in [0.29, 0.717) is 23.2 Å². The normalized spacial score (nSPS) is 57.2. The Balaban J connectivity index is 1.28. The molecular formula is C36H60O6. The van der Waals surface area contributed by atoms with E-state index in [4.69, 9.17) is 9.47 Å². The van der Waals surface area contributed by atoms with Gasteiger partial charge in [0.15, 0.2) is 6.29 Å². The molecule has 15 atom stereocenters. The minimum absolute atomic E-state index is 0.147. The van der Waals surface area contributed by atoms with Gasteiger partial charge in [0.2, 0.25) is 0 Å². The van der Waals surface area contributed by atoms with Gasteiger partial charge < -0.3 is 29.9 Å². The standard InChI is InChI=1S/C36H60O6/c1-20-11-14-33(5)17-18-35(7)22(27(33)21(20)2)9-10-25-34(6)15-13-26(32(3,4)24(34)12-16-36(25,35)8)42-31-30(40)29(39)28(38)23(19-37)41-31/h9,20-21,23-31,37-40H,10-19H2,1-8H3/t20-,21+,23-,24+,25-,26+,27+,28-,29+,30-,31+,33-,34+,35-,36-/m1/s1. The molecule has 240 valence electrons. The minimum Gasteiger partial charge on any atom is -0.394 e. The monoisotopic (exact) mass is 588 g/mol. The molecule has 0 unspecified atom stereocenters. The van der Waals surface area contributed by atoms with E-state index in [2.05, 4.69) is 61.5 Å². The molecule has 6 nitrogen and oxygen atoms in total. The van der Waals surface area contributed by atoms with Crippen LogP contribution in [0.4, 0.5) is 0 Å². The molecular weight excluding hydrogens is 528 g/mol. The Hall–Kier alpha value is -0.500. The third kappa shape index (κ3) is 4.17. The number of allylic oxidation sites excluding steroid dienone is 2. The second kappa shape index (κ2) is 10.3. The lowest BCUT2D eigenvalue weighted by Crippen LogP contribution is -2.65. The number of aliphatic hydroxyl groups is 4. The maximum atomic E-state index is 10.7. The molecule has 5 fully saturated rings. The minimum atomic E-state index is -1.41. The first-order valence-electron chi connectivity index (χ1n) is 17.2. The van der Waals surface area contributed by atoms with Crippen molar-refractivity contribution in [1.29, 1.82) is 0 Å². The fourth-order valence-electron chi connectivity index (χ4n) is 12.4. The Bertz CT molecular complexity index is 1070. The van der Waals surface area contributed by atoms with Crippen molar-refractivity contribution in [2.45, 2.75) is 150 Å². The van der Waals surface area contributed by atoms with Gasteiger partial charge in [-0.25, -0.2) is 0 Å². The second-order valence-corrected chi connectivity index (χ2v) is 17.5. The van der Waals surface area contributed by atoms with Gasteiger partial charge in [0, 0.05) is 0 Å². The van der Waals surface area contributed by atoms with Crippen LogP contribution in [0.25, 0.3) is 0 Å². The van der Waals surface area contributed by atoms with E-state index in [1.165, 1.54) is 44.9 Å². The number of aliphatic hydroxyl groups excluding tert-OH is 4. The lowest BCUT2D eigenvalue weighted by molar-refractivity contribution is -0.330. The van der Waals surface area contributed by atoms with Gasteiger partial charge in [-0.3, -0.25) is 0 Å². The fourth-order valence-corrected chi connectivity index (χ4v) is 12.4. The zero-order valence-corrected chi connectivity index (χ0v) is 27.6. The Morgan fingerprint density at radius 3 is 2.24 bits per heavy atom. The molecule has 4 N–H and O–H groups in total. The number of rotatable bonds is 3. The van der Waals surface area contributed by atoms with Crippen LogP contribution in [0.5, 0.6) is 0 Å². The summed E-state index contributed by atoms with van der Waals surface area (Å²) in [7, 11) is 0. The average Bonchev–Trinajstić information content (AvgIpc) is 2.93. The highest BCUT2D eigenvalue weighted by Crippen LogP contribution is 2.75. The molecule has 6 heteroatoms. The lowest BCUT2D eigenvalue weighted by Gasteiger charge is -2.71. The van der Waals surface area contributed by atoms with Gasteiger partial charge in [-0.05, 0) is 114 Å². The Labute approximate surface area is 254 Å². The quantitative estimate of drug-likeness (QED) is 0.244. The van der Waals surface area contributed by atoms with E-state index in [1.807, 2.05) is 5.57 Å². The van der Waals surface area contributed by atoms with Crippen LogP contribution < -0.4 is 0 Å². The third-order valence-corrected chi connectivity index (χ3v) is 15.5. The number of ether oxygens (including phenoxy) is 2. The smallest absolute Gasteiger partial charge is 0.186 e. The molecule has 1 heterocycles. The van der Waals surface area contributed by atoms with Gasteiger partial charge in [0.05, 0.1) is 12.7 Å². The summed E-state index contributed by atoms with van der Waals surface area (Å²) in [5.74, 6) is 3.33. The molecule has 0 bridgehead atoms. The first-order chi connectivity index (χ1) is 19.5. The van der Waals surface area contributed by atoms with Crippen molar-refractivity contribution in [3.8, 4) is 0 Å². The summed E-state index contributed by atoms with van der Waals surface area (Å²) < 4.78 is 12.3. The molecule has 0 spiro atoms. The highest BCUT2D eigenvalue weighted by atomic mass is 16.7. The van der Waals surface area contributed by atoms with Crippen molar-refractivity contribution in [2.24, 2.45) is 56.7 Å². The van der Waals surface area contributed by atoms with Crippen LogP contribution in [0.3, 0.4) is 0 Å². The summed E-state index contributed by atoms with van der Waals surface area (Å²) in [6.07, 6.45) is 7.37. The summed E-state index contributed by atoms with van der Waals surface area (Å²) in [6, 6.07) is 0. The van der Waals surface area contributed by atoms with Gasteiger partial charge >= 0.3 is 0 Å². The van der Waals surface area contributed by atoms with Crippen molar-refractivity contribution in [3.63, 3.8) is 0 Å². The summed E-state index contributed by atoms with van der Waals surface area (Å²) in [5.41, 5.74) is 2.80. The van der Waals surface area contributed by atoms with E-state index in [9.17, 15) is 20.4 Å². The molecule has 0 amide bonds. The van der Waals surface area contributed by atoms with Crippen LogP contribution in [0.15, 0.2) is 11.6 Å². The second-order valence-electron chi connectivity index (χ2n) is 17.5. The van der Waals surface area contributed by atoms with Gasteiger partial charge in [-0.15, -0.1) is 0 Å². The third-order valence-electron chi connectivity index (χ3n) is 15.5. The van der Waals surface area contributed by atoms with Crippen LogP contribution in [-0.4, -0.2) is 63.8 Å². The van der Waals surface area contributed by atoms with Gasteiger partial charge in [-0.1, -0.05) is 67.0 Å². The molecule has 0 radical (unpaired) electrons. The number of hydrogen-bond acceptors (Lipinski definition) is 6. The van der Waals surface area contributed by atoms with E-state index in [-0.39, 0.29) is 27.8 Å². The molecule has 5 aliphatic carbocycles. The van der Waals surface area contributed by atoms with Gasteiger partial charge in [0.1, 0.15) is 24.4 Å². The maximum absolute atomic E-state index is 10.7. The van der Waals surface area contributed by atoms with Crippen LogP contribution in [0.2, 0.25) is 0 Å². The first-order valence-corrected chi connectivity index (χ1v) is 17.2. The first kappa shape index (κ1) is 31.5. The van der Waals surface area contributed by atoms with E-state index >= 15 is 0 Å². The molecule has 6 aliphatic rings. The summed E-state index contributed by atoms with van der Waals surface area (Å²) >= 11 is 0. The SMILES string of the molecule is C[C@H]1[C@H](C)CC[C@]2(C)CC[C@]3(C)C(=CC[C@@H]4[C@@]5(C)CC[C@H](O[C@@H]6O[C@H](CO)[C@@H](O)[C@H](O)[C@H]6O)C(C)(C)[C@@H]5CC[C@]43C)[C@H]12. The van der Waals surface area contributed by atoms with Crippen LogP contribution >= 0.6 is 0 Å². The Morgan fingerprint density at radius 1 is 0.833 bits per heavy atom. The predicted molar refractivity (Wildman–Crippen MR) is 163 cm³/mol. The number of hydrogen-bond donors (Lipinski definition) is 4. The fraction of sp³-hybridized carbons (Fsp3) is 0.944. The van der Waals surface area contributed by atoms with Gasteiger partial charge in [-0.2, -0.15) is 0 Å². The van der Waals surface area contributed by atoms with E-state index in [0.717, 1.165) is 24.7 Å². The van der Waals surface area contributed by atoms with Crippen LogP contribution in [0, 0.1) is 56.7 Å². The highest BCUT2D eigenvalue weighted by Gasteiger charge is 2.68. The van der Waals surface area contributed by atoms with Crippen molar-refractivity contribution in [3.05, 3.63) is 11.6 Å². The summed E-state index contributed by atoms with van der Waals surface area (Å²) in [4.78, 5) is 0. The van der Waals surface area contributed by atoms with Crippen molar-refractivity contribution < 1.29 is 29.9 Å². The molecule has 0 aromatic heterocycles. The Kier molecular flexibility index (Phi) is 7.69. The van der Waals surface area contributed by atoms with Crippen molar-refractivity contribution >= 4 is 0 Å². The van der Waals surface area contributed by atoms with Crippen LogP contribution in [0.1, 0.15) is 113 Å². The highest BCUT2D eigenvalue weighted by molar-refractivity contribution is 5.33. The zero-order chi connectivity index (χ0) is 30.6. The summed E-state index contributed by atoms with van der Waals surface area (Å²) in [6.45, 7) is 19.7. The summed E-state index contributed by atoms with van der Waals surface area (Å²) in [5, 5.41) is 41.0. The Morgan fingerprint density at radius 2 is 1.55 bits per heavy atom. The van der Waals surface area contributed by atoms with Crippen molar-refractivity contribution in [2.75, 3.05) is 6.61 Å². The molecule has 1 saturated heterocycles. The topological polar surface area (TPSA) is 99.4 Å². The van der Waals surface area contributed by atoms with Crippen molar-refractivity contribution in [1.82, 2.24) is 0 Å². The molecule has 0 aromatic carbocycles. The average molecular weight is 589 g/mol. The zero-order valence-electron chi connectivity index (χ0n) is 27.6. The molecule has 0 aromatic rings. The number of fused-ring (bicyclic) bond motifs is 7.